The third-order valence-electron chi connectivity index (χ3n) is 4.82. The number of halogens is 1. The smallest absolute Gasteiger partial charge is 0.269 e. The van der Waals surface area contributed by atoms with Crippen molar-refractivity contribution in [3.8, 4) is 0 Å². The largest absolute Gasteiger partial charge is 0.341 e. The number of nitro groups is 1. The van der Waals surface area contributed by atoms with Gasteiger partial charge in [-0.2, -0.15) is 20.1 Å². The lowest BCUT2D eigenvalue weighted by atomic mass is 10.1. The summed E-state index contributed by atoms with van der Waals surface area (Å²) in [5.41, 5.74) is 4.51. The molecule has 32 heavy (non-hydrogen) atoms. The molecule has 11 heteroatoms. The third-order valence-corrected chi connectivity index (χ3v) is 5.49. The summed E-state index contributed by atoms with van der Waals surface area (Å²) in [6, 6.07) is 14.0. The van der Waals surface area contributed by atoms with E-state index in [-0.39, 0.29) is 5.69 Å². The van der Waals surface area contributed by atoms with Gasteiger partial charge in [-0.25, -0.2) is 5.43 Å². The van der Waals surface area contributed by atoms with E-state index in [1.54, 1.807) is 18.3 Å². The lowest BCUT2D eigenvalue weighted by Gasteiger charge is -2.26. The van der Waals surface area contributed by atoms with Crippen LogP contribution in [0.5, 0.6) is 0 Å². The van der Waals surface area contributed by atoms with Crippen molar-refractivity contribution in [3.05, 3.63) is 67.8 Å². The van der Waals surface area contributed by atoms with Crippen molar-refractivity contribution in [1.82, 2.24) is 15.0 Å². The standard InChI is InChI=1S/C21H21IN8O2/c22-16-6-4-5-15(13-16)14-23-28-20-25-19(24-17-7-9-18(10-8-17)30(31)32)26-21(27-20)29-11-2-1-3-12-29/h4-10,13-14H,1-3,11-12H2,(H2,24,25,26,27,28)/b23-14-. The number of nitrogens with one attached hydrogen (secondary N) is 2. The molecule has 10 nitrogen and oxygen atoms in total. The SMILES string of the molecule is O=[N+]([O-])c1ccc(Nc2nc(N/N=C\c3cccc(I)c3)nc(N3CCCCC3)n2)cc1. The predicted octanol–water partition coefficient (Wildman–Crippen LogP) is 4.56. The highest BCUT2D eigenvalue weighted by Crippen LogP contribution is 2.22. The summed E-state index contributed by atoms with van der Waals surface area (Å²) in [4.78, 5) is 26.1. The Morgan fingerprint density at radius 1 is 1.03 bits per heavy atom. The highest BCUT2D eigenvalue weighted by atomic mass is 127. The molecule has 1 saturated heterocycles. The lowest BCUT2D eigenvalue weighted by molar-refractivity contribution is -0.384. The van der Waals surface area contributed by atoms with Gasteiger partial charge in [0.15, 0.2) is 0 Å². The van der Waals surface area contributed by atoms with Crippen LogP contribution in [0, 0.1) is 13.7 Å². The molecular weight excluding hydrogens is 523 g/mol. The Morgan fingerprint density at radius 2 is 1.78 bits per heavy atom. The van der Waals surface area contributed by atoms with Crippen LogP contribution in [0.25, 0.3) is 0 Å². The maximum atomic E-state index is 10.9. The molecule has 4 rings (SSSR count). The molecule has 0 aliphatic carbocycles. The van der Waals surface area contributed by atoms with Crippen LogP contribution in [-0.2, 0) is 0 Å². The molecule has 0 bridgehead atoms. The number of hydrogen-bond donors (Lipinski definition) is 2. The second kappa shape index (κ2) is 10.3. The maximum absolute atomic E-state index is 10.9. The third kappa shape index (κ3) is 5.87. The second-order valence-corrected chi connectivity index (χ2v) is 8.43. The molecular formula is C21H21IN8O2. The Balaban J connectivity index is 1.56. The first-order valence-electron chi connectivity index (χ1n) is 10.1. The fraction of sp³-hybridized carbons (Fsp3) is 0.238. The van der Waals surface area contributed by atoms with Crippen LogP contribution in [0.15, 0.2) is 53.6 Å². The van der Waals surface area contributed by atoms with E-state index in [4.69, 9.17) is 0 Å². The maximum Gasteiger partial charge on any atom is 0.269 e. The van der Waals surface area contributed by atoms with Gasteiger partial charge in [0.05, 0.1) is 11.1 Å². The molecule has 1 aromatic heterocycles. The fourth-order valence-electron chi connectivity index (χ4n) is 3.25. The summed E-state index contributed by atoms with van der Waals surface area (Å²) >= 11 is 2.25. The van der Waals surface area contributed by atoms with Crippen molar-refractivity contribution in [1.29, 1.82) is 0 Å². The van der Waals surface area contributed by atoms with Gasteiger partial charge in [-0.05, 0) is 71.7 Å². The minimum Gasteiger partial charge on any atom is -0.341 e. The molecule has 1 aliphatic rings. The molecule has 0 radical (unpaired) electrons. The van der Waals surface area contributed by atoms with E-state index in [2.05, 4.69) is 58.3 Å². The monoisotopic (exact) mass is 544 g/mol. The lowest BCUT2D eigenvalue weighted by Crippen LogP contribution is -2.31. The molecule has 164 valence electrons. The van der Waals surface area contributed by atoms with E-state index in [0.29, 0.717) is 23.5 Å². The number of anilines is 4. The summed E-state index contributed by atoms with van der Waals surface area (Å²) in [6.45, 7) is 1.76. The van der Waals surface area contributed by atoms with Crippen molar-refractivity contribution in [3.63, 3.8) is 0 Å². The van der Waals surface area contributed by atoms with Crippen LogP contribution < -0.4 is 15.6 Å². The Hall–Kier alpha value is -3.35. The number of nitro benzene ring substituents is 1. The molecule has 0 amide bonds. The topological polar surface area (TPSA) is 121 Å². The highest BCUT2D eigenvalue weighted by molar-refractivity contribution is 14.1. The molecule has 2 aromatic carbocycles. The summed E-state index contributed by atoms with van der Waals surface area (Å²) in [5, 5.41) is 18.2. The molecule has 2 N–H and O–H groups in total. The Labute approximate surface area is 198 Å². The zero-order valence-electron chi connectivity index (χ0n) is 17.1. The zero-order chi connectivity index (χ0) is 22.3. The summed E-state index contributed by atoms with van der Waals surface area (Å²) in [6.07, 6.45) is 5.07. The number of hydrogen-bond acceptors (Lipinski definition) is 9. The normalized spacial score (nSPS) is 13.8. The number of benzene rings is 2. The zero-order valence-corrected chi connectivity index (χ0v) is 19.3. The second-order valence-electron chi connectivity index (χ2n) is 7.18. The number of rotatable bonds is 7. The van der Waals surface area contributed by atoms with E-state index in [1.165, 1.54) is 18.6 Å². The van der Waals surface area contributed by atoms with Gasteiger partial charge in [0.2, 0.25) is 17.8 Å². The molecule has 0 atom stereocenters. The molecule has 1 aliphatic heterocycles. The van der Waals surface area contributed by atoms with E-state index in [0.717, 1.165) is 35.1 Å². The van der Waals surface area contributed by atoms with Crippen LogP contribution in [0.1, 0.15) is 24.8 Å². The van der Waals surface area contributed by atoms with Gasteiger partial charge in [-0.3, -0.25) is 10.1 Å². The summed E-state index contributed by atoms with van der Waals surface area (Å²) in [5.74, 6) is 1.21. The number of non-ortho nitro benzene ring substituents is 1. The summed E-state index contributed by atoms with van der Waals surface area (Å²) < 4.78 is 1.12. The molecule has 0 spiro atoms. The fourth-order valence-corrected chi connectivity index (χ4v) is 3.82. The molecule has 0 saturated carbocycles. The van der Waals surface area contributed by atoms with Gasteiger partial charge in [-0.15, -0.1) is 0 Å². The van der Waals surface area contributed by atoms with Crippen molar-refractivity contribution in [2.24, 2.45) is 5.10 Å². The van der Waals surface area contributed by atoms with Gasteiger partial charge in [-0.1, -0.05) is 12.1 Å². The first-order valence-corrected chi connectivity index (χ1v) is 11.2. The minimum atomic E-state index is -0.436. The van der Waals surface area contributed by atoms with Gasteiger partial charge >= 0.3 is 0 Å². The van der Waals surface area contributed by atoms with Crippen LogP contribution in [0.3, 0.4) is 0 Å². The Kier molecular flexibility index (Phi) is 7.04. The van der Waals surface area contributed by atoms with Gasteiger partial charge < -0.3 is 10.2 Å². The molecule has 1 fully saturated rings. The van der Waals surface area contributed by atoms with Crippen LogP contribution >= 0.6 is 22.6 Å². The van der Waals surface area contributed by atoms with Gasteiger partial charge in [0, 0.05) is 34.5 Å². The molecule has 3 aromatic rings. The quantitative estimate of drug-likeness (QED) is 0.192. The number of aromatic nitrogens is 3. The van der Waals surface area contributed by atoms with Gasteiger partial charge in [0.1, 0.15) is 0 Å². The number of nitrogens with zero attached hydrogens (tertiary/aromatic N) is 6. The molecule has 2 heterocycles. The number of piperidine rings is 1. The van der Waals surface area contributed by atoms with Crippen LogP contribution in [0.4, 0.5) is 29.2 Å². The van der Waals surface area contributed by atoms with Crippen LogP contribution in [-0.4, -0.2) is 39.2 Å². The minimum absolute atomic E-state index is 0.0208. The average Bonchev–Trinajstić information content (AvgIpc) is 2.80. The average molecular weight is 544 g/mol. The van der Waals surface area contributed by atoms with Crippen molar-refractivity contribution in [2.45, 2.75) is 19.3 Å². The predicted molar refractivity (Wildman–Crippen MR) is 133 cm³/mol. The Bertz CT molecular complexity index is 1120. The van der Waals surface area contributed by atoms with Gasteiger partial charge in [0.25, 0.3) is 5.69 Å². The van der Waals surface area contributed by atoms with Crippen molar-refractivity contribution >= 4 is 58.0 Å². The number of hydrazone groups is 1. The van der Waals surface area contributed by atoms with E-state index >= 15 is 0 Å². The molecule has 0 unspecified atom stereocenters. The first-order chi connectivity index (χ1) is 15.6. The van der Waals surface area contributed by atoms with E-state index < -0.39 is 4.92 Å². The van der Waals surface area contributed by atoms with Crippen LogP contribution in [0.2, 0.25) is 0 Å². The van der Waals surface area contributed by atoms with Crippen molar-refractivity contribution < 1.29 is 4.92 Å². The Morgan fingerprint density at radius 3 is 2.50 bits per heavy atom. The van der Waals surface area contributed by atoms with E-state index in [9.17, 15) is 10.1 Å². The summed E-state index contributed by atoms with van der Waals surface area (Å²) in [7, 11) is 0. The van der Waals surface area contributed by atoms with Crippen molar-refractivity contribution in [2.75, 3.05) is 28.7 Å². The van der Waals surface area contributed by atoms with E-state index in [1.807, 2.05) is 24.3 Å². The first kappa shape index (κ1) is 21.9. The highest BCUT2D eigenvalue weighted by Gasteiger charge is 2.16.